The van der Waals surface area contributed by atoms with Gasteiger partial charge in [-0.3, -0.25) is 34.1 Å². The molecule has 63 heavy (non-hydrogen) atoms. The van der Waals surface area contributed by atoms with E-state index in [1.165, 1.54) is 12.5 Å². The Morgan fingerprint density at radius 1 is 0.921 bits per heavy atom. The van der Waals surface area contributed by atoms with E-state index in [1.54, 1.807) is 25.4 Å². The molecule has 3 amide bonds. The van der Waals surface area contributed by atoms with Crippen molar-refractivity contribution in [3.63, 3.8) is 0 Å². The highest BCUT2D eigenvalue weighted by molar-refractivity contribution is 7.90. The van der Waals surface area contributed by atoms with Crippen molar-refractivity contribution in [3.05, 3.63) is 90.1 Å². The SMILES string of the molecule is CCCNS(=O)(=O)Nc1ccc(F)c(C(=O)c2c[nH]c3ncc(-c4cncnc4N4CCN(C(=O)CN5CCN(c6ccc(NC7CCC(=O)NC7=O)cc6)CC5)CC4)cc23)c1F. The molecular weight excluding hydrogens is 839 g/mol. The van der Waals surface area contributed by atoms with E-state index in [2.05, 4.69) is 45.1 Å². The second-order valence-electron chi connectivity index (χ2n) is 15.5. The monoisotopic (exact) mass is 884 g/mol. The van der Waals surface area contributed by atoms with Crippen molar-refractivity contribution in [2.24, 2.45) is 0 Å². The number of halogens is 2. The molecule has 8 rings (SSSR count). The Kier molecular flexibility index (Phi) is 12.6. The summed E-state index contributed by atoms with van der Waals surface area (Å²) < 4.78 is 59.8. The number of carbonyl (C=O) groups excluding carboxylic acids is 4. The van der Waals surface area contributed by atoms with Gasteiger partial charge in [0.1, 0.15) is 29.7 Å². The van der Waals surface area contributed by atoms with E-state index in [0.29, 0.717) is 82.0 Å². The summed E-state index contributed by atoms with van der Waals surface area (Å²) in [6.07, 6.45) is 7.15. The number of aromatic amines is 1. The van der Waals surface area contributed by atoms with Crippen molar-refractivity contribution in [2.75, 3.05) is 85.3 Å². The number of benzene rings is 2. The van der Waals surface area contributed by atoms with Gasteiger partial charge in [0.15, 0.2) is 5.82 Å². The first kappa shape index (κ1) is 43.1. The van der Waals surface area contributed by atoms with Crippen molar-refractivity contribution >= 4 is 67.6 Å². The number of anilines is 4. The molecular formula is C42H46F2N12O6S. The molecule has 18 nitrogen and oxygen atoms in total. The van der Waals surface area contributed by atoms with Crippen LogP contribution in [0.1, 0.15) is 42.1 Å². The molecule has 0 aliphatic carbocycles. The third-order valence-corrected chi connectivity index (χ3v) is 12.4. The molecule has 5 N–H and O–H groups in total. The predicted octanol–water partition coefficient (Wildman–Crippen LogP) is 2.87. The number of piperidine rings is 1. The molecule has 0 bridgehead atoms. The standard InChI is InChI=1S/C42H46F2N12O6S/c1-2-11-49-63(61,62)52-33-8-7-32(43)37(38(33)44)39(59)31-23-47-40-29(31)20-26(21-46-40)30-22-45-25-48-41(30)56-18-16-55(17-19-56)36(58)24-53-12-14-54(15-13-53)28-5-3-27(4-6-28)50-34-9-10-35(57)51-42(34)60/h3-8,20-23,25,34,49-50,52H,2,9-19,24H2,1H3,(H,46,47)(H,51,57,60). The first-order chi connectivity index (χ1) is 30.4. The second kappa shape index (κ2) is 18.4. The molecule has 0 spiro atoms. The van der Waals surface area contributed by atoms with Gasteiger partial charge >= 0.3 is 0 Å². The lowest BCUT2D eigenvalue weighted by molar-refractivity contribution is -0.134. The van der Waals surface area contributed by atoms with E-state index in [0.717, 1.165) is 36.6 Å². The molecule has 3 aromatic heterocycles. The topological polar surface area (TPSA) is 218 Å². The van der Waals surface area contributed by atoms with Crippen molar-refractivity contribution in [3.8, 4) is 11.1 Å². The summed E-state index contributed by atoms with van der Waals surface area (Å²) in [6.45, 7) is 7.00. The fraction of sp³-hybridized carbons (Fsp3) is 0.357. The van der Waals surface area contributed by atoms with Crippen molar-refractivity contribution < 1.29 is 36.4 Å². The van der Waals surface area contributed by atoms with Crippen LogP contribution in [-0.2, 0) is 24.6 Å². The maximum absolute atomic E-state index is 15.7. The van der Waals surface area contributed by atoms with Crippen molar-refractivity contribution in [2.45, 2.75) is 32.2 Å². The fourth-order valence-electron chi connectivity index (χ4n) is 7.93. The van der Waals surface area contributed by atoms with Gasteiger partial charge in [-0.15, -0.1) is 0 Å². The number of pyridine rings is 1. The molecule has 1 unspecified atom stereocenters. The summed E-state index contributed by atoms with van der Waals surface area (Å²) >= 11 is 0. The third-order valence-electron chi connectivity index (χ3n) is 11.4. The number of imide groups is 1. The van der Waals surface area contributed by atoms with E-state index in [9.17, 15) is 27.6 Å². The number of amides is 3. The third kappa shape index (κ3) is 9.59. The van der Waals surface area contributed by atoms with E-state index in [-0.39, 0.29) is 40.9 Å². The zero-order valence-corrected chi connectivity index (χ0v) is 35.2. The van der Waals surface area contributed by atoms with E-state index < -0.39 is 44.9 Å². The summed E-state index contributed by atoms with van der Waals surface area (Å²) in [5, 5.41) is 5.84. The molecule has 6 heterocycles. The smallest absolute Gasteiger partial charge is 0.299 e. The van der Waals surface area contributed by atoms with Gasteiger partial charge in [-0.1, -0.05) is 6.92 Å². The molecule has 21 heteroatoms. The van der Waals surface area contributed by atoms with Crippen LogP contribution in [0, 0.1) is 11.6 Å². The number of rotatable bonds is 14. The summed E-state index contributed by atoms with van der Waals surface area (Å²) in [5.74, 6) is -3.48. The average molecular weight is 885 g/mol. The summed E-state index contributed by atoms with van der Waals surface area (Å²) in [6, 6.07) is 10.8. The van der Waals surface area contributed by atoms with Crippen LogP contribution in [-0.4, -0.2) is 133 Å². The van der Waals surface area contributed by atoms with Crippen LogP contribution in [0.4, 0.5) is 31.7 Å². The second-order valence-corrected chi connectivity index (χ2v) is 17.0. The van der Waals surface area contributed by atoms with Gasteiger partial charge in [-0.25, -0.2) is 23.7 Å². The Hall–Kier alpha value is -6.58. The average Bonchev–Trinajstić information content (AvgIpc) is 3.72. The number of nitrogens with one attached hydrogen (secondary N) is 5. The van der Waals surface area contributed by atoms with Gasteiger partial charge in [-0.05, 0) is 55.3 Å². The highest BCUT2D eigenvalue weighted by Gasteiger charge is 2.30. The van der Waals surface area contributed by atoms with Gasteiger partial charge in [0.2, 0.25) is 23.5 Å². The van der Waals surface area contributed by atoms with Gasteiger partial charge < -0.3 is 25.0 Å². The molecule has 1 atom stereocenters. The quantitative estimate of drug-likeness (QED) is 0.0802. The fourth-order valence-corrected chi connectivity index (χ4v) is 8.92. The van der Waals surface area contributed by atoms with Gasteiger partial charge in [0.05, 0.1) is 17.8 Å². The minimum atomic E-state index is -4.18. The van der Waals surface area contributed by atoms with Crippen molar-refractivity contribution in [1.82, 2.24) is 39.8 Å². The minimum absolute atomic E-state index is 0.0400. The largest absolute Gasteiger partial charge is 0.374 e. The normalized spacial score (nSPS) is 17.5. The Morgan fingerprint density at radius 3 is 2.40 bits per heavy atom. The summed E-state index contributed by atoms with van der Waals surface area (Å²) in [7, 11) is -4.18. The van der Waals surface area contributed by atoms with Gasteiger partial charge in [0.25, 0.3) is 10.2 Å². The molecule has 5 aromatic rings. The molecule has 3 saturated heterocycles. The number of H-pyrrole nitrogens is 1. The Morgan fingerprint density at radius 2 is 1.67 bits per heavy atom. The molecule has 0 saturated carbocycles. The zero-order chi connectivity index (χ0) is 44.3. The molecule has 0 radical (unpaired) electrons. The van der Waals surface area contributed by atoms with Crippen LogP contribution in [0.15, 0.2) is 67.4 Å². The number of hydrogen-bond donors (Lipinski definition) is 5. The number of piperazine rings is 2. The summed E-state index contributed by atoms with van der Waals surface area (Å²) in [5.41, 5.74) is 1.67. The number of ketones is 1. The maximum Gasteiger partial charge on any atom is 0.299 e. The van der Waals surface area contributed by atoms with E-state index >= 15 is 8.78 Å². The van der Waals surface area contributed by atoms with Gasteiger partial charge in [0, 0.05) is 117 Å². The number of fused-ring (bicyclic) bond motifs is 1. The Bertz CT molecular complexity index is 2650. The highest BCUT2D eigenvalue weighted by atomic mass is 32.2. The van der Waals surface area contributed by atoms with E-state index in [4.69, 9.17) is 0 Å². The first-order valence-electron chi connectivity index (χ1n) is 20.7. The van der Waals surface area contributed by atoms with Crippen LogP contribution in [0.3, 0.4) is 0 Å². The number of hydrogen-bond acceptors (Lipinski definition) is 13. The lowest BCUT2D eigenvalue weighted by Gasteiger charge is -2.39. The number of aromatic nitrogens is 4. The lowest BCUT2D eigenvalue weighted by atomic mass is 10.00. The Balaban J connectivity index is 0.877. The number of carbonyl (C=O) groups is 4. The molecule has 330 valence electrons. The molecule has 3 fully saturated rings. The number of nitrogens with zero attached hydrogens (tertiary/aromatic N) is 7. The highest BCUT2D eigenvalue weighted by Crippen LogP contribution is 2.33. The maximum atomic E-state index is 15.7. The van der Waals surface area contributed by atoms with Gasteiger partial charge in [-0.2, -0.15) is 13.1 Å². The van der Waals surface area contributed by atoms with Crippen LogP contribution in [0.2, 0.25) is 0 Å². The first-order valence-corrected chi connectivity index (χ1v) is 22.1. The Labute approximate surface area is 361 Å². The molecule has 3 aliphatic rings. The minimum Gasteiger partial charge on any atom is -0.374 e. The van der Waals surface area contributed by atoms with Crippen molar-refractivity contribution in [1.29, 1.82) is 0 Å². The zero-order valence-electron chi connectivity index (χ0n) is 34.4. The predicted molar refractivity (Wildman–Crippen MR) is 231 cm³/mol. The molecule has 3 aliphatic heterocycles. The lowest BCUT2D eigenvalue weighted by Crippen LogP contribution is -2.54. The van der Waals surface area contributed by atoms with E-state index in [1.807, 2.05) is 38.8 Å². The molecule has 2 aromatic carbocycles. The van der Waals surface area contributed by atoms with Crippen LogP contribution in [0.5, 0.6) is 0 Å². The van der Waals surface area contributed by atoms with Crippen LogP contribution < -0.4 is 29.9 Å². The summed E-state index contributed by atoms with van der Waals surface area (Å²) in [4.78, 5) is 75.3. The van der Waals surface area contributed by atoms with Crippen LogP contribution >= 0.6 is 0 Å². The van der Waals surface area contributed by atoms with Crippen LogP contribution in [0.25, 0.3) is 22.2 Å².